The van der Waals surface area contributed by atoms with Crippen molar-refractivity contribution < 1.29 is 4.79 Å². The number of nitrogens with zero attached hydrogens (tertiary/aromatic N) is 7. The molecular weight excluding hydrogens is 454 g/mol. The molecule has 10 heteroatoms. The summed E-state index contributed by atoms with van der Waals surface area (Å²) in [6.45, 7) is 3.65. The average Bonchev–Trinajstić information content (AvgIpc) is 3.29. The Kier molecular flexibility index (Phi) is 5.38. The van der Waals surface area contributed by atoms with Crippen LogP contribution in [-0.4, -0.2) is 47.2 Å². The minimum Gasteiger partial charge on any atom is -0.334 e. The molecule has 3 aromatic heterocycles. The number of hydrogen-bond donors (Lipinski definition) is 0. The number of aryl methyl sites for hydroxylation is 1. The first-order chi connectivity index (χ1) is 12.0. The van der Waals surface area contributed by atoms with Gasteiger partial charge in [-0.05, 0) is 44.8 Å². The molecule has 0 fully saturated rings. The van der Waals surface area contributed by atoms with Gasteiger partial charge in [-0.1, -0.05) is 0 Å². The fourth-order valence-corrected chi connectivity index (χ4v) is 3.09. The van der Waals surface area contributed by atoms with Gasteiger partial charge in [-0.2, -0.15) is 15.3 Å². The lowest BCUT2D eigenvalue weighted by molar-refractivity contribution is 0.0776. The van der Waals surface area contributed by atoms with Crippen LogP contribution in [0.1, 0.15) is 23.1 Å². The van der Waals surface area contributed by atoms with E-state index in [0.29, 0.717) is 18.9 Å². The van der Waals surface area contributed by atoms with Gasteiger partial charge in [-0.25, -0.2) is 4.68 Å². The minimum absolute atomic E-state index is 0.154. The predicted molar refractivity (Wildman–Crippen MR) is 99.0 cm³/mol. The Hall–Kier alpha value is -1.94. The largest absolute Gasteiger partial charge is 0.334 e. The molecule has 132 valence electrons. The fraction of sp³-hybridized carbons (Fsp3) is 0.333. The van der Waals surface area contributed by atoms with Crippen molar-refractivity contribution in [1.82, 2.24) is 34.2 Å². The maximum atomic E-state index is 12.6. The molecule has 0 saturated carbocycles. The lowest BCUT2D eigenvalue weighted by Gasteiger charge is -2.14. The Labute approximate surface area is 161 Å². The molecule has 8 nitrogen and oxygen atoms in total. The zero-order chi connectivity index (χ0) is 18.0. The van der Waals surface area contributed by atoms with Crippen LogP contribution in [0, 0.1) is 0 Å². The molecule has 25 heavy (non-hydrogen) atoms. The number of amides is 1. The molecule has 0 aromatic carbocycles. The summed E-state index contributed by atoms with van der Waals surface area (Å²) < 4.78 is 7.01. The first-order valence-electron chi connectivity index (χ1n) is 7.65. The third-order valence-electron chi connectivity index (χ3n) is 3.60. The van der Waals surface area contributed by atoms with E-state index >= 15 is 0 Å². The SMILES string of the molecule is CCn1cc(Br)c(CN(C)C(=O)c2ccn(Cn3cc(Br)cn3)n2)n1. The molecule has 0 bridgehead atoms. The second-order valence-electron chi connectivity index (χ2n) is 5.52. The molecule has 0 aliphatic rings. The van der Waals surface area contributed by atoms with Crippen LogP contribution < -0.4 is 0 Å². The highest BCUT2D eigenvalue weighted by Crippen LogP contribution is 2.17. The average molecular weight is 471 g/mol. The smallest absolute Gasteiger partial charge is 0.274 e. The summed E-state index contributed by atoms with van der Waals surface area (Å²) in [5, 5.41) is 12.9. The number of aromatic nitrogens is 6. The van der Waals surface area contributed by atoms with E-state index in [4.69, 9.17) is 0 Å². The molecule has 3 heterocycles. The van der Waals surface area contributed by atoms with Gasteiger partial charge in [0, 0.05) is 32.2 Å². The number of hydrogen-bond acceptors (Lipinski definition) is 4. The van der Waals surface area contributed by atoms with Gasteiger partial charge in [-0.15, -0.1) is 0 Å². The van der Waals surface area contributed by atoms with E-state index in [2.05, 4.69) is 47.2 Å². The van der Waals surface area contributed by atoms with Crippen molar-refractivity contribution in [2.75, 3.05) is 7.05 Å². The quantitative estimate of drug-likeness (QED) is 0.555. The van der Waals surface area contributed by atoms with E-state index in [0.717, 1.165) is 21.2 Å². The van der Waals surface area contributed by atoms with E-state index < -0.39 is 0 Å². The van der Waals surface area contributed by atoms with E-state index in [-0.39, 0.29) is 5.91 Å². The Morgan fingerprint density at radius 2 is 2.00 bits per heavy atom. The van der Waals surface area contributed by atoms with Crippen LogP contribution in [0.4, 0.5) is 0 Å². The number of halogens is 2. The summed E-state index contributed by atoms with van der Waals surface area (Å²) in [7, 11) is 1.74. The zero-order valence-electron chi connectivity index (χ0n) is 13.8. The molecule has 0 saturated heterocycles. The molecule has 0 unspecified atom stereocenters. The van der Waals surface area contributed by atoms with Crippen molar-refractivity contribution in [1.29, 1.82) is 0 Å². The standard InChI is InChI=1S/C15H17Br2N7O/c1-3-22-8-12(17)14(20-22)9-21(2)15(25)13-4-5-23(19-13)10-24-7-11(16)6-18-24/h4-8H,3,9-10H2,1-2H3. The fourth-order valence-electron chi connectivity index (χ4n) is 2.32. The molecule has 0 aliphatic carbocycles. The van der Waals surface area contributed by atoms with E-state index in [9.17, 15) is 4.79 Å². The normalized spacial score (nSPS) is 11.0. The van der Waals surface area contributed by atoms with Crippen LogP contribution >= 0.6 is 31.9 Å². The van der Waals surface area contributed by atoms with Gasteiger partial charge in [0.1, 0.15) is 12.4 Å². The lowest BCUT2D eigenvalue weighted by Crippen LogP contribution is -2.27. The Bertz CT molecular complexity index is 882. The second kappa shape index (κ2) is 7.52. The maximum absolute atomic E-state index is 12.6. The Balaban J connectivity index is 1.66. The third-order valence-corrected chi connectivity index (χ3v) is 4.67. The summed E-state index contributed by atoms with van der Waals surface area (Å²) >= 11 is 6.83. The first kappa shape index (κ1) is 17.9. The second-order valence-corrected chi connectivity index (χ2v) is 7.29. The highest BCUT2D eigenvalue weighted by molar-refractivity contribution is 9.10. The van der Waals surface area contributed by atoms with Crippen LogP contribution in [0.3, 0.4) is 0 Å². The molecule has 0 radical (unpaired) electrons. The van der Waals surface area contributed by atoms with Gasteiger partial charge in [0.05, 0.1) is 27.4 Å². The first-order valence-corrected chi connectivity index (χ1v) is 9.23. The van der Waals surface area contributed by atoms with Crippen molar-refractivity contribution in [2.24, 2.45) is 0 Å². The minimum atomic E-state index is -0.154. The van der Waals surface area contributed by atoms with Crippen molar-refractivity contribution in [3.8, 4) is 0 Å². The van der Waals surface area contributed by atoms with Crippen molar-refractivity contribution >= 4 is 37.8 Å². The summed E-state index contributed by atoms with van der Waals surface area (Å²) in [4.78, 5) is 14.2. The highest BCUT2D eigenvalue weighted by atomic mass is 79.9. The van der Waals surface area contributed by atoms with Crippen LogP contribution in [0.25, 0.3) is 0 Å². The van der Waals surface area contributed by atoms with Crippen LogP contribution in [0.2, 0.25) is 0 Å². The molecule has 3 aromatic rings. The number of rotatable bonds is 6. The van der Waals surface area contributed by atoms with Gasteiger partial charge in [-0.3, -0.25) is 14.2 Å². The highest BCUT2D eigenvalue weighted by Gasteiger charge is 2.18. The molecule has 0 aliphatic heterocycles. The van der Waals surface area contributed by atoms with Crippen molar-refractivity contribution in [3.05, 3.63) is 51.2 Å². The topological polar surface area (TPSA) is 73.8 Å². The van der Waals surface area contributed by atoms with Gasteiger partial charge in [0.2, 0.25) is 0 Å². The summed E-state index contributed by atoms with van der Waals surface area (Å²) in [5.74, 6) is -0.154. The van der Waals surface area contributed by atoms with Gasteiger partial charge < -0.3 is 4.90 Å². The molecule has 0 spiro atoms. The van der Waals surface area contributed by atoms with E-state index in [1.807, 2.05) is 24.0 Å². The predicted octanol–water partition coefficient (Wildman–Crippen LogP) is 2.60. The molecular formula is C15H17Br2N7O. The molecule has 0 atom stereocenters. The van der Waals surface area contributed by atoms with E-state index in [1.165, 1.54) is 0 Å². The van der Waals surface area contributed by atoms with Gasteiger partial charge in [0.15, 0.2) is 0 Å². The van der Waals surface area contributed by atoms with Crippen LogP contribution in [-0.2, 0) is 19.8 Å². The van der Waals surface area contributed by atoms with Crippen molar-refractivity contribution in [3.63, 3.8) is 0 Å². The summed E-state index contributed by atoms with van der Waals surface area (Å²) in [6, 6.07) is 1.71. The van der Waals surface area contributed by atoms with E-state index in [1.54, 1.807) is 39.8 Å². The van der Waals surface area contributed by atoms with Gasteiger partial charge in [0.25, 0.3) is 5.91 Å². The summed E-state index contributed by atoms with van der Waals surface area (Å²) in [5.41, 5.74) is 1.21. The van der Waals surface area contributed by atoms with Gasteiger partial charge >= 0.3 is 0 Å². The monoisotopic (exact) mass is 469 g/mol. The zero-order valence-corrected chi connectivity index (χ0v) is 17.0. The number of carbonyl (C=O) groups is 1. The molecule has 0 N–H and O–H groups in total. The van der Waals surface area contributed by atoms with Crippen LogP contribution in [0.5, 0.6) is 0 Å². The summed E-state index contributed by atoms with van der Waals surface area (Å²) in [6.07, 6.45) is 7.22. The Morgan fingerprint density at radius 3 is 2.64 bits per heavy atom. The maximum Gasteiger partial charge on any atom is 0.274 e. The van der Waals surface area contributed by atoms with Crippen molar-refractivity contribution in [2.45, 2.75) is 26.7 Å². The molecule has 3 rings (SSSR count). The number of carbonyl (C=O) groups excluding carboxylic acids is 1. The van der Waals surface area contributed by atoms with Crippen LogP contribution in [0.15, 0.2) is 39.8 Å². The molecule has 1 amide bonds. The third kappa shape index (κ3) is 4.18. The Morgan fingerprint density at radius 1 is 1.20 bits per heavy atom. The lowest BCUT2D eigenvalue weighted by atomic mass is 10.3.